The molecule has 2 heterocycles. The lowest BCUT2D eigenvalue weighted by molar-refractivity contribution is -0.133. The molecule has 1 atom stereocenters. The van der Waals surface area contributed by atoms with Crippen molar-refractivity contribution in [3.63, 3.8) is 0 Å². The van der Waals surface area contributed by atoms with Gasteiger partial charge in [-0.25, -0.2) is 4.39 Å². The lowest BCUT2D eigenvalue weighted by Crippen LogP contribution is -2.48. The number of aromatic nitrogens is 1. The molecule has 2 aromatic rings. The molecule has 0 spiro atoms. The van der Waals surface area contributed by atoms with Gasteiger partial charge in [0.05, 0.1) is 5.69 Å². The summed E-state index contributed by atoms with van der Waals surface area (Å²) >= 11 is 0. The van der Waals surface area contributed by atoms with Crippen LogP contribution >= 0.6 is 0 Å². The number of hydrogen-bond donors (Lipinski definition) is 0. The van der Waals surface area contributed by atoms with Gasteiger partial charge in [-0.1, -0.05) is 18.2 Å². The molecule has 1 saturated heterocycles. The predicted octanol–water partition coefficient (Wildman–Crippen LogP) is 2.13. The molecule has 1 fully saturated rings. The second kappa shape index (κ2) is 6.87. The van der Waals surface area contributed by atoms with Gasteiger partial charge in [0.1, 0.15) is 11.7 Å². The molecule has 3 rings (SSSR count). The van der Waals surface area contributed by atoms with Gasteiger partial charge in [0.25, 0.3) is 0 Å². The molecule has 0 radical (unpaired) electrons. The number of carbonyl (C=O) groups is 1. The summed E-state index contributed by atoms with van der Waals surface area (Å²) in [5.74, 6) is -0.760. The van der Waals surface area contributed by atoms with E-state index in [-0.39, 0.29) is 11.7 Å². The number of rotatable bonds is 3. The minimum atomic E-state index is -0.486. The van der Waals surface area contributed by atoms with Crippen LogP contribution in [0.25, 0.3) is 0 Å². The fraction of sp³-hybridized carbons (Fsp3) is 0.333. The first kappa shape index (κ1) is 15.6. The summed E-state index contributed by atoms with van der Waals surface area (Å²) in [5.41, 5.74) is 1.47. The number of halogens is 1. The van der Waals surface area contributed by atoms with Crippen LogP contribution in [0.15, 0.2) is 48.7 Å². The Hall–Kier alpha value is -2.27. The van der Waals surface area contributed by atoms with Crippen LogP contribution in [-0.4, -0.2) is 53.9 Å². The summed E-state index contributed by atoms with van der Waals surface area (Å²) in [7, 11) is 2.05. The maximum absolute atomic E-state index is 13.2. The van der Waals surface area contributed by atoms with Gasteiger partial charge >= 0.3 is 0 Å². The first-order valence-electron chi connectivity index (χ1n) is 7.79. The summed E-state index contributed by atoms with van der Waals surface area (Å²) < 4.78 is 13.2. The van der Waals surface area contributed by atoms with Crippen LogP contribution in [0.4, 0.5) is 4.39 Å². The number of pyridine rings is 1. The zero-order valence-corrected chi connectivity index (χ0v) is 13.2. The molecule has 0 N–H and O–H groups in total. The van der Waals surface area contributed by atoms with Crippen molar-refractivity contribution in [2.75, 3.05) is 33.2 Å². The Kier molecular flexibility index (Phi) is 4.67. The summed E-state index contributed by atoms with van der Waals surface area (Å²) in [6.45, 7) is 3.15. The Morgan fingerprint density at radius 2 is 1.78 bits per heavy atom. The maximum Gasteiger partial charge on any atom is 0.236 e. The van der Waals surface area contributed by atoms with Gasteiger partial charge in [-0.05, 0) is 36.9 Å². The van der Waals surface area contributed by atoms with Crippen molar-refractivity contribution in [2.24, 2.45) is 0 Å². The van der Waals surface area contributed by atoms with Crippen molar-refractivity contribution in [1.29, 1.82) is 0 Å². The minimum Gasteiger partial charge on any atom is -0.339 e. The monoisotopic (exact) mass is 313 g/mol. The highest BCUT2D eigenvalue weighted by Crippen LogP contribution is 2.26. The molecule has 1 aliphatic rings. The van der Waals surface area contributed by atoms with Crippen LogP contribution in [0, 0.1) is 5.82 Å². The largest absolute Gasteiger partial charge is 0.339 e. The van der Waals surface area contributed by atoms with Gasteiger partial charge in [-0.3, -0.25) is 9.78 Å². The lowest BCUT2D eigenvalue weighted by Gasteiger charge is -2.34. The Bertz CT molecular complexity index is 652. The average molecular weight is 313 g/mol. The highest BCUT2D eigenvalue weighted by atomic mass is 19.1. The number of amides is 1. The van der Waals surface area contributed by atoms with Crippen molar-refractivity contribution in [1.82, 2.24) is 14.8 Å². The molecule has 1 aromatic carbocycles. The first-order chi connectivity index (χ1) is 11.1. The molecule has 0 aliphatic carbocycles. The Morgan fingerprint density at radius 1 is 1.09 bits per heavy atom. The van der Waals surface area contributed by atoms with Crippen molar-refractivity contribution >= 4 is 5.91 Å². The SMILES string of the molecule is CN1CCN(C(=O)C(c2ccc(F)cc2)c2ccccn2)CC1. The fourth-order valence-corrected chi connectivity index (χ4v) is 2.85. The van der Waals surface area contributed by atoms with Crippen LogP contribution in [0.5, 0.6) is 0 Å². The van der Waals surface area contributed by atoms with Gasteiger partial charge in [-0.2, -0.15) is 0 Å². The second-order valence-corrected chi connectivity index (χ2v) is 5.87. The number of piperazine rings is 1. The van der Waals surface area contributed by atoms with Crippen molar-refractivity contribution in [3.8, 4) is 0 Å². The van der Waals surface area contributed by atoms with Crippen molar-refractivity contribution in [3.05, 3.63) is 65.7 Å². The van der Waals surface area contributed by atoms with Gasteiger partial charge in [0.2, 0.25) is 5.91 Å². The van der Waals surface area contributed by atoms with Crippen LogP contribution < -0.4 is 0 Å². The zero-order chi connectivity index (χ0) is 16.2. The summed E-state index contributed by atoms with van der Waals surface area (Å²) in [6.07, 6.45) is 1.68. The minimum absolute atomic E-state index is 0.0309. The molecular formula is C18H20FN3O. The quantitative estimate of drug-likeness (QED) is 0.871. The fourth-order valence-electron chi connectivity index (χ4n) is 2.85. The molecule has 1 aromatic heterocycles. The maximum atomic E-state index is 13.2. The molecule has 1 aliphatic heterocycles. The predicted molar refractivity (Wildman–Crippen MR) is 86.6 cm³/mol. The summed E-state index contributed by atoms with van der Waals surface area (Å²) in [5, 5.41) is 0. The van der Waals surface area contributed by atoms with Gasteiger partial charge in [0, 0.05) is 32.4 Å². The van der Waals surface area contributed by atoms with Crippen LogP contribution in [0.1, 0.15) is 17.2 Å². The third kappa shape index (κ3) is 3.56. The Balaban J connectivity index is 1.92. The first-order valence-corrected chi connectivity index (χ1v) is 7.79. The van der Waals surface area contributed by atoms with E-state index >= 15 is 0 Å². The van der Waals surface area contributed by atoms with Crippen LogP contribution in [0.2, 0.25) is 0 Å². The molecule has 1 amide bonds. The summed E-state index contributed by atoms with van der Waals surface area (Å²) in [4.78, 5) is 21.5. The highest BCUT2D eigenvalue weighted by molar-refractivity contribution is 5.86. The molecule has 1 unspecified atom stereocenters. The van der Waals surface area contributed by atoms with Crippen molar-refractivity contribution in [2.45, 2.75) is 5.92 Å². The topological polar surface area (TPSA) is 36.4 Å². The number of hydrogen-bond acceptors (Lipinski definition) is 3. The molecular weight excluding hydrogens is 293 g/mol. The van der Waals surface area contributed by atoms with E-state index in [0.717, 1.165) is 18.7 Å². The summed E-state index contributed by atoms with van der Waals surface area (Å²) in [6, 6.07) is 11.7. The molecule has 5 heteroatoms. The van der Waals surface area contributed by atoms with Gasteiger partial charge in [0.15, 0.2) is 0 Å². The normalized spacial score (nSPS) is 17.0. The molecule has 120 valence electrons. The van der Waals surface area contributed by atoms with E-state index in [4.69, 9.17) is 0 Å². The highest BCUT2D eigenvalue weighted by Gasteiger charge is 2.30. The van der Waals surface area contributed by atoms with E-state index in [1.165, 1.54) is 12.1 Å². The number of carbonyl (C=O) groups excluding carboxylic acids is 1. The average Bonchev–Trinajstić information content (AvgIpc) is 2.58. The number of likely N-dealkylation sites (N-methyl/N-ethyl adjacent to an activating group) is 1. The molecule has 0 saturated carbocycles. The zero-order valence-electron chi connectivity index (χ0n) is 13.2. The van der Waals surface area contributed by atoms with E-state index in [0.29, 0.717) is 18.8 Å². The third-order valence-electron chi connectivity index (χ3n) is 4.25. The molecule has 4 nitrogen and oxygen atoms in total. The lowest BCUT2D eigenvalue weighted by atomic mass is 9.93. The van der Waals surface area contributed by atoms with E-state index in [1.54, 1.807) is 18.3 Å². The smallest absolute Gasteiger partial charge is 0.236 e. The standard InChI is InChI=1S/C18H20FN3O/c1-21-10-12-22(13-11-21)18(23)17(16-4-2-3-9-20-16)14-5-7-15(19)8-6-14/h2-9,17H,10-13H2,1H3. The van der Waals surface area contributed by atoms with E-state index in [1.807, 2.05) is 23.1 Å². The van der Waals surface area contributed by atoms with Crippen LogP contribution in [-0.2, 0) is 4.79 Å². The van der Waals surface area contributed by atoms with Gasteiger partial charge in [-0.15, -0.1) is 0 Å². The number of benzene rings is 1. The Morgan fingerprint density at radius 3 is 2.39 bits per heavy atom. The van der Waals surface area contributed by atoms with E-state index < -0.39 is 5.92 Å². The van der Waals surface area contributed by atoms with Gasteiger partial charge < -0.3 is 9.80 Å². The third-order valence-corrected chi connectivity index (χ3v) is 4.25. The van der Waals surface area contributed by atoms with Crippen molar-refractivity contribution < 1.29 is 9.18 Å². The number of nitrogens with zero attached hydrogens (tertiary/aromatic N) is 3. The van der Waals surface area contributed by atoms with E-state index in [2.05, 4.69) is 16.9 Å². The molecule has 0 bridgehead atoms. The Labute approximate surface area is 135 Å². The second-order valence-electron chi connectivity index (χ2n) is 5.87. The van der Waals surface area contributed by atoms with E-state index in [9.17, 15) is 9.18 Å². The van der Waals surface area contributed by atoms with Crippen LogP contribution in [0.3, 0.4) is 0 Å². The molecule has 23 heavy (non-hydrogen) atoms.